The topological polar surface area (TPSA) is 21.6 Å². The lowest BCUT2D eigenvalue weighted by Gasteiger charge is -2.40. The van der Waals surface area contributed by atoms with E-state index in [1.165, 1.54) is 18.9 Å². The Bertz CT molecular complexity index is 536. The first-order valence-electron chi connectivity index (χ1n) is 6.95. The van der Waals surface area contributed by atoms with Gasteiger partial charge in [-0.1, -0.05) is 25.4 Å². The second kappa shape index (κ2) is 4.32. The van der Waals surface area contributed by atoms with Crippen molar-refractivity contribution >= 4 is 5.71 Å². The van der Waals surface area contributed by atoms with Gasteiger partial charge in [-0.15, -0.1) is 0 Å². The highest BCUT2D eigenvalue weighted by molar-refractivity contribution is 6.07. The Morgan fingerprint density at radius 1 is 1.37 bits per heavy atom. The Hall–Kier alpha value is -1.38. The molecule has 2 atom stereocenters. The number of benzene rings is 1. The molecule has 0 spiro atoms. The highest BCUT2D eigenvalue weighted by Gasteiger charge is 2.48. The normalized spacial score (nSPS) is 30.0. The molecule has 0 aromatic heterocycles. The van der Waals surface area contributed by atoms with Crippen LogP contribution in [0.2, 0.25) is 0 Å². The second-order valence-electron chi connectivity index (χ2n) is 6.36. The molecule has 19 heavy (non-hydrogen) atoms. The summed E-state index contributed by atoms with van der Waals surface area (Å²) in [7, 11) is 1.58. The van der Waals surface area contributed by atoms with Gasteiger partial charge in [0.25, 0.3) is 0 Å². The Morgan fingerprint density at radius 3 is 2.89 bits per heavy atom. The highest BCUT2D eigenvalue weighted by atomic mass is 19.1. The maximum atomic E-state index is 13.6. The summed E-state index contributed by atoms with van der Waals surface area (Å²) in [6.07, 6.45) is 3.50. The van der Waals surface area contributed by atoms with Crippen molar-refractivity contribution in [1.29, 1.82) is 0 Å². The fourth-order valence-corrected chi connectivity index (χ4v) is 4.02. The molecular formula is C16H20FNO. The summed E-state index contributed by atoms with van der Waals surface area (Å²) in [6.45, 7) is 4.57. The summed E-state index contributed by atoms with van der Waals surface area (Å²) in [5, 5.41) is 4.24. The van der Waals surface area contributed by atoms with Crippen LogP contribution in [0.3, 0.4) is 0 Å². The van der Waals surface area contributed by atoms with Crippen molar-refractivity contribution in [3.8, 4) is 0 Å². The van der Waals surface area contributed by atoms with Crippen molar-refractivity contribution in [2.45, 2.75) is 39.0 Å². The van der Waals surface area contributed by atoms with Crippen molar-refractivity contribution < 1.29 is 9.23 Å². The molecule has 1 aromatic carbocycles. The molecule has 3 rings (SSSR count). The van der Waals surface area contributed by atoms with E-state index < -0.39 is 0 Å². The lowest BCUT2D eigenvalue weighted by molar-refractivity contribution is 0.168. The van der Waals surface area contributed by atoms with Crippen LogP contribution in [0.25, 0.3) is 0 Å². The summed E-state index contributed by atoms with van der Waals surface area (Å²) in [6, 6.07) is 5.07. The quantitative estimate of drug-likeness (QED) is 0.697. The Labute approximate surface area is 113 Å². The van der Waals surface area contributed by atoms with Gasteiger partial charge >= 0.3 is 0 Å². The summed E-state index contributed by atoms with van der Waals surface area (Å²) in [5.41, 5.74) is 3.39. The van der Waals surface area contributed by atoms with Gasteiger partial charge in [-0.05, 0) is 47.9 Å². The minimum absolute atomic E-state index is 0.155. The molecule has 0 saturated heterocycles. The smallest absolute Gasteiger partial charge is 0.123 e. The SMILES string of the molecule is CO/N=C1\c2ccc(F)cc2[C@H]2[C@@H]1CCCC2(C)C. The van der Waals surface area contributed by atoms with Crippen LogP contribution in [0.5, 0.6) is 0 Å². The molecule has 1 fully saturated rings. The van der Waals surface area contributed by atoms with Crippen LogP contribution in [0.4, 0.5) is 4.39 Å². The summed E-state index contributed by atoms with van der Waals surface area (Å²) in [4.78, 5) is 5.02. The van der Waals surface area contributed by atoms with E-state index in [0.29, 0.717) is 11.8 Å². The standard InChI is InChI=1S/C16H20FNO/c1-16(2)8-4-5-12-14(16)13-9-10(17)6-7-11(13)15(12)18-19-3/h6-7,9,12,14H,4-5,8H2,1-3H3/b18-15+/t12-,14+/m0/s1. The maximum Gasteiger partial charge on any atom is 0.123 e. The second-order valence-corrected chi connectivity index (χ2v) is 6.36. The van der Waals surface area contributed by atoms with Crippen LogP contribution in [0.1, 0.15) is 50.2 Å². The third-order valence-electron chi connectivity index (χ3n) is 4.75. The van der Waals surface area contributed by atoms with Crippen LogP contribution >= 0.6 is 0 Å². The first-order valence-corrected chi connectivity index (χ1v) is 6.95. The van der Waals surface area contributed by atoms with E-state index in [2.05, 4.69) is 19.0 Å². The summed E-state index contributed by atoms with van der Waals surface area (Å²) >= 11 is 0. The molecule has 2 nitrogen and oxygen atoms in total. The van der Waals surface area contributed by atoms with Crippen LogP contribution in [0.15, 0.2) is 23.4 Å². The predicted octanol–water partition coefficient (Wildman–Crippen LogP) is 4.10. The van der Waals surface area contributed by atoms with Crippen molar-refractivity contribution in [2.24, 2.45) is 16.5 Å². The lowest BCUT2D eigenvalue weighted by Crippen LogP contribution is -2.32. The number of halogens is 1. The number of rotatable bonds is 1. The molecule has 0 N–H and O–H groups in total. The highest BCUT2D eigenvalue weighted by Crippen LogP contribution is 2.55. The van der Waals surface area contributed by atoms with E-state index in [0.717, 1.165) is 23.3 Å². The number of hydrogen-bond donors (Lipinski definition) is 0. The molecule has 2 aliphatic carbocycles. The molecule has 102 valence electrons. The molecule has 1 aromatic rings. The van der Waals surface area contributed by atoms with Crippen molar-refractivity contribution in [2.75, 3.05) is 7.11 Å². The van der Waals surface area contributed by atoms with Gasteiger partial charge in [0.2, 0.25) is 0 Å². The molecule has 0 aliphatic heterocycles. The minimum Gasteiger partial charge on any atom is -0.399 e. The van der Waals surface area contributed by atoms with E-state index in [1.54, 1.807) is 13.2 Å². The number of nitrogens with zero attached hydrogens (tertiary/aromatic N) is 1. The first kappa shape index (κ1) is 12.6. The molecule has 3 heteroatoms. The lowest BCUT2D eigenvalue weighted by atomic mass is 9.63. The zero-order chi connectivity index (χ0) is 13.6. The fourth-order valence-electron chi connectivity index (χ4n) is 4.02. The van der Waals surface area contributed by atoms with Gasteiger partial charge in [-0.25, -0.2) is 4.39 Å². The average molecular weight is 261 g/mol. The van der Waals surface area contributed by atoms with Gasteiger partial charge in [-0.2, -0.15) is 0 Å². The molecule has 1 saturated carbocycles. The maximum absolute atomic E-state index is 13.6. The molecule has 0 unspecified atom stereocenters. The fraction of sp³-hybridized carbons (Fsp3) is 0.562. The monoisotopic (exact) mass is 261 g/mol. The molecule has 2 aliphatic rings. The first-order chi connectivity index (χ1) is 9.04. The van der Waals surface area contributed by atoms with Crippen molar-refractivity contribution in [3.05, 3.63) is 35.1 Å². The number of fused-ring (bicyclic) bond motifs is 3. The van der Waals surface area contributed by atoms with Crippen LogP contribution < -0.4 is 0 Å². The Balaban J connectivity index is 2.18. The predicted molar refractivity (Wildman–Crippen MR) is 73.8 cm³/mol. The molecule has 0 heterocycles. The van der Waals surface area contributed by atoms with E-state index in [4.69, 9.17) is 4.84 Å². The van der Waals surface area contributed by atoms with Gasteiger partial charge in [0.15, 0.2) is 0 Å². The van der Waals surface area contributed by atoms with E-state index in [9.17, 15) is 4.39 Å². The molecule has 0 bridgehead atoms. The van der Waals surface area contributed by atoms with Gasteiger partial charge in [0, 0.05) is 11.5 Å². The van der Waals surface area contributed by atoms with Crippen LogP contribution in [-0.4, -0.2) is 12.8 Å². The van der Waals surface area contributed by atoms with Gasteiger partial charge in [0.05, 0.1) is 5.71 Å². The minimum atomic E-state index is -0.155. The van der Waals surface area contributed by atoms with Crippen LogP contribution in [0, 0.1) is 17.2 Å². The number of hydrogen-bond acceptors (Lipinski definition) is 2. The molecule has 0 radical (unpaired) electrons. The van der Waals surface area contributed by atoms with E-state index in [-0.39, 0.29) is 11.2 Å². The van der Waals surface area contributed by atoms with Crippen LogP contribution in [-0.2, 0) is 4.84 Å². The average Bonchev–Trinajstić information content (AvgIpc) is 2.65. The van der Waals surface area contributed by atoms with Crippen molar-refractivity contribution in [1.82, 2.24) is 0 Å². The third-order valence-corrected chi connectivity index (χ3v) is 4.75. The van der Waals surface area contributed by atoms with Gasteiger partial charge < -0.3 is 4.84 Å². The Morgan fingerprint density at radius 2 is 2.16 bits per heavy atom. The van der Waals surface area contributed by atoms with Gasteiger partial charge in [0.1, 0.15) is 12.9 Å². The molecule has 0 amide bonds. The zero-order valence-electron chi connectivity index (χ0n) is 11.7. The van der Waals surface area contributed by atoms with E-state index >= 15 is 0 Å². The third kappa shape index (κ3) is 1.87. The summed E-state index contributed by atoms with van der Waals surface area (Å²) in [5.74, 6) is 0.582. The number of oxime groups is 1. The van der Waals surface area contributed by atoms with Gasteiger partial charge in [-0.3, -0.25) is 0 Å². The zero-order valence-corrected chi connectivity index (χ0v) is 11.7. The largest absolute Gasteiger partial charge is 0.399 e. The molecular weight excluding hydrogens is 241 g/mol. The van der Waals surface area contributed by atoms with E-state index in [1.807, 2.05) is 6.07 Å². The summed E-state index contributed by atoms with van der Waals surface area (Å²) < 4.78 is 13.6. The van der Waals surface area contributed by atoms with Crippen molar-refractivity contribution in [3.63, 3.8) is 0 Å². The Kier molecular flexibility index (Phi) is 2.88.